The first-order valence-corrected chi connectivity index (χ1v) is 12.4. The average molecular weight is 503 g/mol. The number of aromatic nitrogens is 1. The van der Waals surface area contributed by atoms with E-state index in [4.69, 9.17) is 21.8 Å². The van der Waals surface area contributed by atoms with Crippen LogP contribution in [-0.4, -0.2) is 57.6 Å². The Labute approximate surface area is 217 Å². The third kappa shape index (κ3) is 5.91. The third-order valence-corrected chi connectivity index (χ3v) is 6.47. The molecule has 0 saturated heterocycles. The van der Waals surface area contributed by atoms with Crippen molar-refractivity contribution in [3.8, 4) is 0 Å². The zero-order valence-corrected chi connectivity index (χ0v) is 21.8. The molecule has 7 nitrogen and oxygen atoms in total. The van der Waals surface area contributed by atoms with E-state index in [1.807, 2.05) is 78.5 Å². The van der Waals surface area contributed by atoms with Gasteiger partial charge < -0.3 is 4.90 Å². The minimum atomic E-state index is 0.0292. The largest absolute Gasteiger partial charge is 0.340 e. The van der Waals surface area contributed by atoms with Crippen molar-refractivity contribution in [3.05, 3.63) is 100 Å². The molecule has 0 radical (unpaired) electrons. The van der Waals surface area contributed by atoms with Gasteiger partial charge in [-0.25, -0.2) is 10.0 Å². The molecular weight excluding hydrogens is 472 g/mol. The first kappa shape index (κ1) is 25.4. The van der Waals surface area contributed by atoms with Crippen LogP contribution in [0.1, 0.15) is 42.1 Å². The highest BCUT2D eigenvalue weighted by Crippen LogP contribution is 2.30. The SMILES string of the molecule is Cc1ccc(CN(C=O)/N=C(/N2C[C@@H](c3ccccc3)C(c3ccc(Cl)cc3)=N2)N(C)C(C)C)nc1. The maximum absolute atomic E-state index is 12.0. The van der Waals surface area contributed by atoms with Crippen LogP contribution >= 0.6 is 11.6 Å². The van der Waals surface area contributed by atoms with Crippen molar-refractivity contribution in [2.24, 2.45) is 10.2 Å². The quantitative estimate of drug-likeness (QED) is 0.195. The van der Waals surface area contributed by atoms with Gasteiger partial charge in [0.25, 0.3) is 0 Å². The molecule has 186 valence electrons. The molecular formula is C28H31ClN6O. The van der Waals surface area contributed by atoms with Gasteiger partial charge in [-0.3, -0.25) is 9.78 Å². The number of carbonyl (C=O) groups excluding carboxylic acids is 1. The lowest BCUT2D eigenvalue weighted by molar-refractivity contribution is -0.118. The standard InChI is InChI=1S/C28H31ClN6O/c1-20(2)33(4)28(32-34(19-36)17-25-15-10-21(3)16-30-25)35-18-26(22-8-6-5-7-9-22)27(31-35)23-11-13-24(29)14-12-23/h5-16,19-20,26H,17-18H2,1-4H3/b32-28+/t26-/m0/s1. The summed E-state index contributed by atoms with van der Waals surface area (Å²) in [7, 11) is 1.96. The molecule has 0 aliphatic carbocycles. The molecule has 3 aromatic rings. The Balaban J connectivity index is 1.72. The molecule has 0 spiro atoms. The molecule has 36 heavy (non-hydrogen) atoms. The summed E-state index contributed by atoms with van der Waals surface area (Å²) in [6.45, 7) is 7.00. The predicted molar refractivity (Wildman–Crippen MR) is 145 cm³/mol. The normalized spacial score (nSPS) is 15.7. The Hall–Kier alpha value is -3.71. The molecule has 1 aliphatic rings. The Kier molecular flexibility index (Phi) is 8.00. The fraction of sp³-hybridized carbons (Fsp3) is 0.286. The zero-order chi connectivity index (χ0) is 25.7. The van der Waals surface area contributed by atoms with Crippen LogP contribution < -0.4 is 0 Å². The molecule has 0 N–H and O–H groups in total. The number of hydrogen-bond donors (Lipinski definition) is 0. The van der Waals surface area contributed by atoms with Crippen LogP contribution in [0.5, 0.6) is 0 Å². The third-order valence-electron chi connectivity index (χ3n) is 6.21. The number of benzene rings is 2. The minimum absolute atomic E-state index is 0.0292. The predicted octanol–water partition coefficient (Wildman–Crippen LogP) is 5.12. The summed E-state index contributed by atoms with van der Waals surface area (Å²) in [6, 6.07) is 22.1. The Bertz CT molecular complexity index is 1230. The molecule has 8 heteroatoms. The number of hydrogen-bond acceptors (Lipinski definition) is 4. The Morgan fingerprint density at radius 2 is 1.86 bits per heavy atom. The van der Waals surface area contributed by atoms with Gasteiger partial charge in [0, 0.05) is 30.2 Å². The van der Waals surface area contributed by atoms with E-state index in [2.05, 4.69) is 31.0 Å². The van der Waals surface area contributed by atoms with Crippen molar-refractivity contribution in [2.45, 2.75) is 39.3 Å². The van der Waals surface area contributed by atoms with Crippen molar-refractivity contribution in [3.63, 3.8) is 0 Å². The molecule has 0 fully saturated rings. The second-order valence-electron chi connectivity index (χ2n) is 9.17. The summed E-state index contributed by atoms with van der Waals surface area (Å²) in [4.78, 5) is 18.5. The second kappa shape index (κ2) is 11.4. The van der Waals surface area contributed by atoms with Crippen LogP contribution in [0, 0.1) is 6.92 Å². The van der Waals surface area contributed by atoms with Gasteiger partial charge in [-0.1, -0.05) is 60.1 Å². The highest BCUT2D eigenvalue weighted by atomic mass is 35.5. The molecule has 2 heterocycles. The fourth-order valence-electron chi connectivity index (χ4n) is 3.96. The number of carbonyl (C=O) groups is 1. The summed E-state index contributed by atoms with van der Waals surface area (Å²) >= 11 is 6.16. The highest BCUT2D eigenvalue weighted by molar-refractivity contribution is 6.30. The van der Waals surface area contributed by atoms with E-state index in [0.717, 1.165) is 34.5 Å². The summed E-state index contributed by atoms with van der Waals surface area (Å²) in [5, 5.41) is 13.7. The minimum Gasteiger partial charge on any atom is -0.340 e. The van der Waals surface area contributed by atoms with Crippen molar-refractivity contribution in [1.82, 2.24) is 19.9 Å². The average Bonchev–Trinajstić information content (AvgIpc) is 3.33. The number of pyridine rings is 1. The summed E-state index contributed by atoms with van der Waals surface area (Å²) in [5.74, 6) is 0.621. The number of nitrogens with zero attached hydrogens (tertiary/aromatic N) is 6. The molecule has 1 atom stereocenters. The van der Waals surface area contributed by atoms with Gasteiger partial charge in [0.15, 0.2) is 0 Å². The lowest BCUT2D eigenvalue weighted by Gasteiger charge is -2.30. The smallest absolute Gasteiger partial charge is 0.240 e. The van der Waals surface area contributed by atoms with Gasteiger partial charge in [0.05, 0.1) is 24.5 Å². The molecule has 4 rings (SSSR count). The van der Waals surface area contributed by atoms with Crippen LogP contribution in [0.15, 0.2) is 83.1 Å². The van der Waals surface area contributed by atoms with Gasteiger partial charge in [-0.05, 0) is 55.7 Å². The van der Waals surface area contributed by atoms with E-state index in [1.165, 1.54) is 5.01 Å². The highest BCUT2D eigenvalue weighted by Gasteiger charge is 2.33. The number of halogens is 1. The van der Waals surface area contributed by atoms with Crippen molar-refractivity contribution < 1.29 is 4.79 Å². The fourth-order valence-corrected chi connectivity index (χ4v) is 4.08. The number of aryl methyl sites for hydroxylation is 1. The first-order chi connectivity index (χ1) is 17.4. The van der Waals surface area contributed by atoms with Gasteiger partial charge in [-0.2, -0.15) is 5.10 Å². The van der Waals surface area contributed by atoms with Crippen LogP contribution in [0.3, 0.4) is 0 Å². The van der Waals surface area contributed by atoms with Crippen LogP contribution in [0.4, 0.5) is 0 Å². The second-order valence-corrected chi connectivity index (χ2v) is 9.61. The van der Waals surface area contributed by atoms with Crippen LogP contribution in [0.25, 0.3) is 0 Å². The van der Waals surface area contributed by atoms with E-state index >= 15 is 0 Å². The van der Waals surface area contributed by atoms with Gasteiger partial charge in [0.2, 0.25) is 12.4 Å². The zero-order valence-electron chi connectivity index (χ0n) is 21.0. The number of hydrazone groups is 2. The van der Waals surface area contributed by atoms with E-state index in [9.17, 15) is 4.79 Å². The molecule has 1 amide bonds. The van der Waals surface area contributed by atoms with Crippen molar-refractivity contribution in [1.29, 1.82) is 0 Å². The van der Waals surface area contributed by atoms with E-state index in [1.54, 1.807) is 6.20 Å². The molecule has 0 bridgehead atoms. The molecule has 0 saturated carbocycles. The number of rotatable bonds is 7. The molecule has 1 aromatic heterocycles. The van der Waals surface area contributed by atoms with Crippen molar-refractivity contribution >= 4 is 29.7 Å². The molecule has 0 unspecified atom stereocenters. The van der Waals surface area contributed by atoms with E-state index in [0.29, 0.717) is 17.5 Å². The van der Waals surface area contributed by atoms with Gasteiger partial charge >= 0.3 is 0 Å². The van der Waals surface area contributed by atoms with Crippen LogP contribution in [0.2, 0.25) is 5.02 Å². The maximum Gasteiger partial charge on any atom is 0.240 e. The lowest BCUT2D eigenvalue weighted by Crippen LogP contribution is -2.44. The Morgan fingerprint density at radius 1 is 1.14 bits per heavy atom. The lowest BCUT2D eigenvalue weighted by atomic mass is 9.91. The first-order valence-electron chi connectivity index (χ1n) is 12.0. The van der Waals surface area contributed by atoms with Crippen molar-refractivity contribution in [2.75, 3.05) is 13.6 Å². The molecule has 1 aliphatic heterocycles. The van der Waals surface area contributed by atoms with E-state index in [-0.39, 0.29) is 18.5 Å². The maximum atomic E-state index is 12.0. The summed E-state index contributed by atoms with van der Waals surface area (Å²) < 4.78 is 0. The van der Waals surface area contributed by atoms with Crippen LogP contribution in [-0.2, 0) is 11.3 Å². The Morgan fingerprint density at radius 3 is 2.47 bits per heavy atom. The monoisotopic (exact) mass is 502 g/mol. The summed E-state index contributed by atoms with van der Waals surface area (Å²) in [5.41, 5.74) is 4.92. The van der Waals surface area contributed by atoms with E-state index < -0.39 is 0 Å². The topological polar surface area (TPSA) is 64.4 Å². The number of guanidine groups is 1. The van der Waals surface area contributed by atoms with Gasteiger partial charge in [-0.15, -0.1) is 5.10 Å². The summed E-state index contributed by atoms with van der Waals surface area (Å²) in [6.07, 6.45) is 2.51. The molecule has 2 aromatic carbocycles. The van der Waals surface area contributed by atoms with Gasteiger partial charge in [0.1, 0.15) is 0 Å². The number of amides is 1.